The highest BCUT2D eigenvalue weighted by Gasteiger charge is 2.65. The van der Waals surface area contributed by atoms with Gasteiger partial charge in [0.25, 0.3) is 0 Å². The molecule has 0 radical (unpaired) electrons. The molecule has 0 unspecified atom stereocenters. The third-order valence-electron chi connectivity index (χ3n) is 5.05. The lowest BCUT2D eigenvalue weighted by molar-refractivity contribution is -0.165. The first-order valence-electron chi connectivity index (χ1n) is 7.83. The Morgan fingerprint density at radius 1 is 0.704 bits per heavy atom. The molecule has 148 valence electrons. The molecule has 2 aliphatic carbocycles. The van der Waals surface area contributed by atoms with Gasteiger partial charge >= 0.3 is 23.9 Å². The fraction of sp³-hybridized carbons (Fsp3) is 0.529. The monoisotopic (exact) mass is 384 g/mol. The quantitative estimate of drug-likeness (QED) is 0.518. The molecule has 0 aromatic heterocycles. The van der Waals surface area contributed by atoms with Crippen molar-refractivity contribution in [2.75, 3.05) is 28.4 Å². The average Bonchev–Trinajstić information content (AvgIpc) is 2.69. The zero-order chi connectivity index (χ0) is 20.6. The van der Waals surface area contributed by atoms with E-state index in [9.17, 15) is 29.4 Å². The van der Waals surface area contributed by atoms with Gasteiger partial charge in [-0.25, -0.2) is 9.59 Å². The summed E-state index contributed by atoms with van der Waals surface area (Å²) in [6, 6.07) is 0. The van der Waals surface area contributed by atoms with Gasteiger partial charge < -0.3 is 29.2 Å². The summed E-state index contributed by atoms with van der Waals surface area (Å²) >= 11 is 0. The lowest BCUT2D eigenvalue weighted by Gasteiger charge is -2.47. The van der Waals surface area contributed by atoms with Gasteiger partial charge in [0.1, 0.15) is 22.3 Å². The smallest absolute Gasteiger partial charge is 0.337 e. The fourth-order valence-corrected chi connectivity index (χ4v) is 3.78. The van der Waals surface area contributed by atoms with Crippen LogP contribution in [0.15, 0.2) is 22.7 Å². The molecule has 2 atom stereocenters. The third-order valence-corrected chi connectivity index (χ3v) is 5.05. The first-order valence-corrected chi connectivity index (χ1v) is 7.83. The molecule has 2 bridgehead atoms. The topological polar surface area (TPSA) is 146 Å². The molecule has 0 saturated carbocycles. The van der Waals surface area contributed by atoms with Crippen LogP contribution < -0.4 is 0 Å². The molecule has 0 aromatic carbocycles. The highest BCUT2D eigenvalue weighted by atomic mass is 16.5. The van der Waals surface area contributed by atoms with Crippen molar-refractivity contribution in [2.45, 2.75) is 19.3 Å². The van der Waals surface area contributed by atoms with Gasteiger partial charge in [-0.2, -0.15) is 0 Å². The number of hydrogen-bond acceptors (Lipinski definition) is 10. The molecule has 2 aliphatic rings. The van der Waals surface area contributed by atoms with E-state index < -0.39 is 76.6 Å². The molecule has 0 fully saturated rings. The van der Waals surface area contributed by atoms with Crippen LogP contribution in [0.1, 0.15) is 19.3 Å². The summed E-state index contributed by atoms with van der Waals surface area (Å²) in [6.45, 7) is 0. The van der Waals surface area contributed by atoms with E-state index in [1.54, 1.807) is 0 Å². The van der Waals surface area contributed by atoms with Crippen LogP contribution in [0.5, 0.6) is 0 Å². The van der Waals surface area contributed by atoms with Crippen molar-refractivity contribution in [1.29, 1.82) is 0 Å². The van der Waals surface area contributed by atoms with E-state index in [-0.39, 0.29) is 0 Å². The maximum Gasteiger partial charge on any atom is 0.337 e. The standard InChI is InChI=1S/C17H20O10/c1-24-12(20)8-5-16(14(22)26-3)7-17(10(8)18,15(23)27-4)6-9(11(16)19)13(21)25-2/h18-19H,5-7H2,1-4H3/t16-,17+. The highest BCUT2D eigenvalue weighted by Crippen LogP contribution is 2.59. The zero-order valence-corrected chi connectivity index (χ0v) is 15.3. The van der Waals surface area contributed by atoms with Crippen molar-refractivity contribution in [3.63, 3.8) is 0 Å². The van der Waals surface area contributed by atoms with Crippen LogP contribution in [-0.4, -0.2) is 62.5 Å². The van der Waals surface area contributed by atoms with Gasteiger partial charge in [-0.1, -0.05) is 0 Å². The van der Waals surface area contributed by atoms with Crippen LogP contribution >= 0.6 is 0 Å². The summed E-state index contributed by atoms with van der Waals surface area (Å²) in [7, 11) is 4.20. The molecule has 0 aromatic rings. The predicted molar refractivity (Wildman–Crippen MR) is 86.1 cm³/mol. The minimum absolute atomic E-state index is 0.394. The first-order chi connectivity index (χ1) is 12.6. The summed E-state index contributed by atoms with van der Waals surface area (Å²) in [5.41, 5.74) is -4.73. The van der Waals surface area contributed by atoms with Gasteiger partial charge in [0.2, 0.25) is 0 Å². The molecule has 0 spiro atoms. The molecule has 0 amide bonds. The normalized spacial score (nSPS) is 27.0. The lowest BCUT2D eigenvalue weighted by atomic mass is 9.55. The summed E-state index contributed by atoms with van der Waals surface area (Å²) in [6.07, 6.45) is -1.54. The second-order valence-electron chi connectivity index (χ2n) is 6.32. The number of carbonyl (C=O) groups excluding carboxylic acids is 4. The number of methoxy groups -OCH3 is 4. The van der Waals surface area contributed by atoms with Crippen LogP contribution in [0.2, 0.25) is 0 Å². The molecular formula is C17H20O10. The highest BCUT2D eigenvalue weighted by molar-refractivity contribution is 5.99. The Kier molecular flexibility index (Phi) is 5.21. The SMILES string of the molecule is COC(=O)C1=C(O)[C@@]2(C(=O)OC)CC(C(=O)OC)=C(O)[C@](C(=O)OC)(C1)C2. The number of esters is 4. The Bertz CT molecular complexity index is 713. The lowest BCUT2D eigenvalue weighted by Crippen LogP contribution is -2.53. The van der Waals surface area contributed by atoms with E-state index in [0.717, 1.165) is 28.4 Å². The van der Waals surface area contributed by atoms with E-state index in [0.29, 0.717) is 0 Å². The third kappa shape index (κ3) is 2.71. The van der Waals surface area contributed by atoms with E-state index in [1.807, 2.05) is 0 Å². The van der Waals surface area contributed by atoms with Crippen LogP contribution in [0.3, 0.4) is 0 Å². The summed E-state index contributed by atoms with van der Waals surface area (Å²) in [4.78, 5) is 49.5. The fourth-order valence-electron chi connectivity index (χ4n) is 3.78. The van der Waals surface area contributed by atoms with E-state index in [4.69, 9.17) is 9.47 Å². The molecule has 10 heteroatoms. The minimum atomic E-state index is -1.97. The Labute approximate surface area is 154 Å². The van der Waals surface area contributed by atoms with Gasteiger partial charge in [-0.3, -0.25) is 9.59 Å². The van der Waals surface area contributed by atoms with Gasteiger partial charge in [0.05, 0.1) is 39.6 Å². The average molecular weight is 384 g/mol. The van der Waals surface area contributed by atoms with E-state index in [1.165, 1.54) is 0 Å². The van der Waals surface area contributed by atoms with E-state index in [2.05, 4.69) is 9.47 Å². The number of carbonyl (C=O) groups is 4. The van der Waals surface area contributed by atoms with E-state index >= 15 is 0 Å². The largest absolute Gasteiger partial charge is 0.511 e. The van der Waals surface area contributed by atoms with Crippen LogP contribution in [-0.2, 0) is 38.1 Å². The van der Waals surface area contributed by atoms with Crippen molar-refractivity contribution >= 4 is 23.9 Å². The minimum Gasteiger partial charge on any atom is -0.511 e. The number of rotatable bonds is 4. The van der Waals surface area contributed by atoms with Crippen molar-refractivity contribution in [2.24, 2.45) is 10.8 Å². The molecule has 2 N–H and O–H groups in total. The Morgan fingerprint density at radius 2 is 1.04 bits per heavy atom. The zero-order valence-electron chi connectivity index (χ0n) is 15.3. The predicted octanol–water partition coefficient (Wildman–Crippen LogP) is 0.473. The maximum atomic E-state index is 12.6. The van der Waals surface area contributed by atoms with Gasteiger partial charge in [0.15, 0.2) is 0 Å². The molecular weight excluding hydrogens is 364 g/mol. The Balaban J connectivity index is 2.88. The molecule has 0 aliphatic heterocycles. The van der Waals surface area contributed by atoms with Crippen LogP contribution in [0.4, 0.5) is 0 Å². The summed E-state index contributed by atoms with van der Waals surface area (Å²) in [5.74, 6) is -5.36. The van der Waals surface area contributed by atoms with Crippen molar-refractivity contribution in [3.05, 3.63) is 22.7 Å². The molecule has 2 rings (SSSR count). The van der Waals surface area contributed by atoms with Crippen molar-refractivity contribution in [3.8, 4) is 0 Å². The number of aliphatic hydroxyl groups excluding tert-OH is 2. The molecule has 10 nitrogen and oxygen atoms in total. The number of aliphatic hydroxyl groups is 2. The number of fused-ring (bicyclic) bond motifs is 2. The number of hydrogen-bond donors (Lipinski definition) is 2. The molecule has 0 saturated heterocycles. The van der Waals surface area contributed by atoms with Crippen molar-refractivity contribution < 1.29 is 48.3 Å². The maximum absolute atomic E-state index is 12.6. The van der Waals surface area contributed by atoms with Crippen LogP contribution in [0.25, 0.3) is 0 Å². The number of ether oxygens (including phenoxy) is 4. The molecule has 0 heterocycles. The van der Waals surface area contributed by atoms with Crippen molar-refractivity contribution in [1.82, 2.24) is 0 Å². The Morgan fingerprint density at radius 3 is 1.30 bits per heavy atom. The molecule has 27 heavy (non-hydrogen) atoms. The van der Waals surface area contributed by atoms with Gasteiger partial charge in [-0.05, 0) is 6.42 Å². The first kappa shape index (κ1) is 20.3. The second kappa shape index (κ2) is 6.93. The second-order valence-corrected chi connectivity index (χ2v) is 6.32. The Hall–Kier alpha value is -3.04. The summed E-state index contributed by atoms with van der Waals surface area (Å²) < 4.78 is 18.8. The van der Waals surface area contributed by atoms with Gasteiger partial charge in [0, 0.05) is 12.8 Å². The van der Waals surface area contributed by atoms with Crippen LogP contribution in [0, 0.1) is 10.8 Å². The van der Waals surface area contributed by atoms with Gasteiger partial charge in [-0.15, -0.1) is 0 Å². The summed E-state index contributed by atoms with van der Waals surface area (Å²) in [5, 5.41) is 21.5.